The minimum absolute atomic E-state index is 0.765. The lowest BCUT2D eigenvalue weighted by Gasteiger charge is -2.08. The Morgan fingerprint density at radius 2 is 1.71 bits per heavy atom. The molecule has 0 aliphatic rings. The molecule has 0 bridgehead atoms. The second kappa shape index (κ2) is 7.30. The van der Waals surface area contributed by atoms with Gasteiger partial charge in [0.2, 0.25) is 0 Å². The molecule has 0 amide bonds. The van der Waals surface area contributed by atoms with Gasteiger partial charge in [0.05, 0.1) is 11.4 Å². The summed E-state index contributed by atoms with van der Waals surface area (Å²) in [4.78, 5) is 9.21. The molecule has 0 aliphatic carbocycles. The van der Waals surface area contributed by atoms with Crippen molar-refractivity contribution in [3.8, 4) is 0 Å². The van der Waals surface area contributed by atoms with E-state index in [0.29, 0.717) is 0 Å². The van der Waals surface area contributed by atoms with Crippen LogP contribution in [0.5, 0.6) is 0 Å². The van der Waals surface area contributed by atoms with Gasteiger partial charge in [-0.3, -0.25) is 9.97 Å². The molecule has 4 heteroatoms. The number of aryl methyl sites for hydroxylation is 5. The Kier molecular flexibility index (Phi) is 4.94. The highest BCUT2D eigenvalue weighted by molar-refractivity contribution is 5.27. The van der Waals surface area contributed by atoms with Gasteiger partial charge in [0.25, 0.3) is 0 Å². The first-order chi connectivity index (χ1) is 11.6. The minimum atomic E-state index is 0.765. The van der Waals surface area contributed by atoms with Crippen LogP contribution in [0.25, 0.3) is 0 Å². The normalized spacial score (nSPS) is 10.8. The lowest BCUT2D eigenvalue weighted by atomic mass is 10.0. The quantitative estimate of drug-likeness (QED) is 0.721. The molecular weight excluding hydrogens is 296 g/mol. The van der Waals surface area contributed by atoms with E-state index in [2.05, 4.69) is 45.3 Å². The molecule has 122 valence electrons. The lowest BCUT2D eigenvalue weighted by molar-refractivity contribution is 0.855. The Hall–Kier alpha value is -2.62. The zero-order valence-corrected chi connectivity index (χ0v) is 14.5. The van der Waals surface area contributed by atoms with Gasteiger partial charge in [-0.15, -0.1) is 0 Å². The van der Waals surface area contributed by atoms with Crippen molar-refractivity contribution in [2.75, 3.05) is 0 Å². The van der Waals surface area contributed by atoms with Crippen LogP contribution in [0.1, 0.15) is 39.6 Å². The van der Waals surface area contributed by atoms with Gasteiger partial charge in [-0.25, -0.2) is 0 Å². The van der Waals surface area contributed by atoms with Gasteiger partial charge in [-0.1, -0.05) is 12.1 Å². The highest BCUT2D eigenvalue weighted by Crippen LogP contribution is 2.13. The van der Waals surface area contributed by atoms with E-state index < -0.39 is 0 Å². The molecule has 3 rings (SSSR count). The Morgan fingerprint density at radius 3 is 2.42 bits per heavy atom. The molecule has 0 radical (unpaired) electrons. The number of rotatable bonds is 5. The van der Waals surface area contributed by atoms with E-state index in [9.17, 15) is 0 Å². The predicted molar refractivity (Wildman–Crippen MR) is 94.9 cm³/mol. The maximum atomic E-state index is 4.65. The fourth-order valence-corrected chi connectivity index (χ4v) is 2.73. The van der Waals surface area contributed by atoms with E-state index in [-0.39, 0.29) is 0 Å². The topological polar surface area (TPSA) is 51.6 Å². The number of hydrogen-bond acceptors (Lipinski definition) is 4. The summed E-state index contributed by atoms with van der Waals surface area (Å²) in [7, 11) is 0. The van der Waals surface area contributed by atoms with Crippen molar-refractivity contribution in [3.63, 3.8) is 0 Å². The summed E-state index contributed by atoms with van der Waals surface area (Å²) < 4.78 is 0. The number of pyridine rings is 2. The van der Waals surface area contributed by atoms with Gasteiger partial charge in [0.1, 0.15) is 0 Å². The molecule has 0 aliphatic heterocycles. The third kappa shape index (κ3) is 4.22. The standard InChI is InChI=1S/C20H22N4/c1-14-11-17(12-19-8-7-16(3)23-24-19)13-21-20(14)10-9-18-6-4-5-15(2)22-18/h4-8,11,13H,9-10,12H2,1-3H3. The molecule has 0 unspecified atom stereocenters. The third-order valence-electron chi connectivity index (χ3n) is 4.05. The maximum absolute atomic E-state index is 4.65. The second-order valence-corrected chi connectivity index (χ2v) is 6.22. The molecule has 0 saturated heterocycles. The summed E-state index contributed by atoms with van der Waals surface area (Å²) in [6.45, 7) is 6.09. The van der Waals surface area contributed by atoms with E-state index in [0.717, 1.165) is 47.7 Å². The van der Waals surface area contributed by atoms with E-state index in [1.54, 1.807) is 0 Å². The highest BCUT2D eigenvalue weighted by atomic mass is 15.1. The molecule has 0 aromatic carbocycles. The Bertz CT molecular complexity index is 825. The number of hydrogen-bond donors (Lipinski definition) is 0. The minimum Gasteiger partial charge on any atom is -0.261 e. The summed E-state index contributed by atoms with van der Waals surface area (Å²) in [6, 6.07) is 12.4. The average molecular weight is 318 g/mol. The van der Waals surface area contributed by atoms with Crippen molar-refractivity contribution in [2.24, 2.45) is 0 Å². The summed E-state index contributed by atoms with van der Waals surface area (Å²) >= 11 is 0. The average Bonchev–Trinajstić information content (AvgIpc) is 2.56. The lowest BCUT2D eigenvalue weighted by Crippen LogP contribution is -2.02. The summed E-state index contributed by atoms with van der Waals surface area (Å²) in [5, 5.41) is 8.33. The molecule has 3 heterocycles. The highest BCUT2D eigenvalue weighted by Gasteiger charge is 2.05. The van der Waals surface area contributed by atoms with Gasteiger partial charge >= 0.3 is 0 Å². The molecule has 3 aromatic heterocycles. The molecule has 0 atom stereocenters. The van der Waals surface area contributed by atoms with E-state index >= 15 is 0 Å². The molecule has 0 saturated carbocycles. The van der Waals surface area contributed by atoms with Crippen molar-refractivity contribution < 1.29 is 0 Å². The first-order valence-electron chi connectivity index (χ1n) is 8.26. The summed E-state index contributed by atoms with van der Waals surface area (Å²) in [6.07, 6.45) is 4.54. The number of aromatic nitrogens is 4. The summed E-state index contributed by atoms with van der Waals surface area (Å²) in [5.74, 6) is 0. The van der Waals surface area contributed by atoms with Crippen LogP contribution in [0.4, 0.5) is 0 Å². The van der Waals surface area contributed by atoms with Crippen LogP contribution >= 0.6 is 0 Å². The van der Waals surface area contributed by atoms with Crippen LogP contribution in [0.2, 0.25) is 0 Å². The van der Waals surface area contributed by atoms with Crippen LogP contribution in [0, 0.1) is 20.8 Å². The Morgan fingerprint density at radius 1 is 0.833 bits per heavy atom. The largest absolute Gasteiger partial charge is 0.261 e. The van der Waals surface area contributed by atoms with Crippen molar-refractivity contribution in [1.29, 1.82) is 0 Å². The van der Waals surface area contributed by atoms with Crippen molar-refractivity contribution in [3.05, 3.63) is 82.2 Å². The number of nitrogens with zero attached hydrogens (tertiary/aromatic N) is 4. The van der Waals surface area contributed by atoms with Crippen LogP contribution in [-0.2, 0) is 19.3 Å². The van der Waals surface area contributed by atoms with Gasteiger partial charge < -0.3 is 0 Å². The smallest absolute Gasteiger partial charge is 0.0675 e. The van der Waals surface area contributed by atoms with Gasteiger partial charge in [-0.2, -0.15) is 10.2 Å². The SMILES string of the molecule is Cc1ccc(Cc2cnc(CCc3cccc(C)n3)c(C)c2)nn1. The fourth-order valence-electron chi connectivity index (χ4n) is 2.73. The van der Waals surface area contributed by atoms with Crippen molar-refractivity contribution in [1.82, 2.24) is 20.2 Å². The van der Waals surface area contributed by atoms with Gasteiger partial charge in [-0.05, 0) is 69.0 Å². The van der Waals surface area contributed by atoms with Crippen LogP contribution in [-0.4, -0.2) is 20.2 Å². The van der Waals surface area contributed by atoms with E-state index in [1.807, 2.05) is 38.2 Å². The molecule has 4 nitrogen and oxygen atoms in total. The monoisotopic (exact) mass is 318 g/mol. The fraction of sp³-hybridized carbons (Fsp3) is 0.300. The van der Waals surface area contributed by atoms with E-state index in [1.165, 1.54) is 11.1 Å². The first kappa shape index (κ1) is 16.2. The van der Waals surface area contributed by atoms with E-state index in [4.69, 9.17) is 0 Å². The molecule has 0 spiro atoms. The first-order valence-corrected chi connectivity index (χ1v) is 8.26. The van der Waals surface area contributed by atoms with Crippen molar-refractivity contribution >= 4 is 0 Å². The predicted octanol–water partition coefficient (Wildman–Crippen LogP) is 3.57. The van der Waals surface area contributed by atoms with Gasteiger partial charge in [0.15, 0.2) is 0 Å². The van der Waals surface area contributed by atoms with Crippen LogP contribution < -0.4 is 0 Å². The van der Waals surface area contributed by atoms with Crippen LogP contribution in [0.3, 0.4) is 0 Å². The molecule has 3 aromatic rings. The Labute approximate surface area is 143 Å². The van der Waals surface area contributed by atoms with Gasteiger partial charge in [0, 0.05) is 29.7 Å². The third-order valence-corrected chi connectivity index (χ3v) is 4.05. The molecule has 24 heavy (non-hydrogen) atoms. The molecule has 0 N–H and O–H groups in total. The van der Waals surface area contributed by atoms with Crippen LogP contribution in [0.15, 0.2) is 42.6 Å². The second-order valence-electron chi connectivity index (χ2n) is 6.22. The zero-order valence-electron chi connectivity index (χ0n) is 14.5. The van der Waals surface area contributed by atoms with Crippen molar-refractivity contribution in [2.45, 2.75) is 40.0 Å². The molecule has 0 fully saturated rings. The molecular formula is C20H22N4. The zero-order chi connectivity index (χ0) is 16.9. The Balaban J connectivity index is 1.67. The maximum Gasteiger partial charge on any atom is 0.0675 e. The summed E-state index contributed by atoms with van der Waals surface area (Å²) in [5.41, 5.74) is 7.62.